The molecule has 0 radical (unpaired) electrons. The first-order chi connectivity index (χ1) is 8.90. The molecule has 3 rings (SSSR count). The molecule has 1 atom stereocenters. The van der Waals surface area contributed by atoms with E-state index in [0.717, 1.165) is 5.92 Å². The Labute approximate surface area is 112 Å². The third kappa shape index (κ3) is 2.30. The van der Waals surface area contributed by atoms with Crippen molar-refractivity contribution in [1.29, 1.82) is 0 Å². The first-order valence-corrected chi connectivity index (χ1v) is 8.04. The largest absolute Gasteiger partial charge is 0.316 e. The van der Waals surface area contributed by atoms with Crippen molar-refractivity contribution < 1.29 is 0 Å². The minimum atomic E-state index is 0.853. The molecule has 0 aromatic rings. The maximum atomic E-state index is 3.65. The highest BCUT2D eigenvalue weighted by molar-refractivity contribution is 5.50. The lowest BCUT2D eigenvalue weighted by Crippen LogP contribution is -2.26. The van der Waals surface area contributed by atoms with Crippen LogP contribution in [-0.4, -0.2) is 13.1 Å². The summed E-state index contributed by atoms with van der Waals surface area (Å²) in [5.74, 6) is 0.853. The molecule has 1 heteroatoms. The predicted octanol–water partition coefficient (Wildman–Crippen LogP) is 4.36. The number of nitrogens with one attached hydrogen (secondary N) is 1. The molecule has 18 heavy (non-hydrogen) atoms. The van der Waals surface area contributed by atoms with Crippen LogP contribution in [0.25, 0.3) is 0 Å². The lowest BCUT2D eigenvalue weighted by Gasteiger charge is -2.26. The van der Waals surface area contributed by atoms with Gasteiger partial charge < -0.3 is 5.32 Å². The summed E-state index contributed by atoms with van der Waals surface area (Å²) in [5, 5.41) is 3.65. The highest BCUT2D eigenvalue weighted by atomic mass is 14.9. The average molecular weight is 245 g/mol. The minimum Gasteiger partial charge on any atom is -0.316 e. The second-order valence-corrected chi connectivity index (χ2v) is 6.26. The molecule has 3 aliphatic rings. The van der Waals surface area contributed by atoms with Gasteiger partial charge in [-0.15, -0.1) is 0 Å². The Morgan fingerprint density at radius 3 is 2.78 bits per heavy atom. The molecular formula is C17H27N. The Morgan fingerprint density at radius 2 is 1.89 bits per heavy atom. The molecular weight excluding hydrogens is 218 g/mol. The maximum Gasteiger partial charge on any atom is 0.00172 e. The van der Waals surface area contributed by atoms with Gasteiger partial charge in [-0.2, -0.15) is 0 Å². The van der Waals surface area contributed by atoms with Gasteiger partial charge in [0.1, 0.15) is 0 Å². The molecule has 1 N–H and O–H groups in total. The van der Waals surface area contributed by atoms with Crippen LogP contribution in [-0.2, 0) is 0 Å². The predicted molar refractivity (Wildman–Crippen MR) is 77.6 cm³/mol. The van der Waals surface area contributed by atoms with Crippen molar-refractivity contribution in [2.75, 3.05) is 13.1 Å². The number of rotatable bonds is 4. The normalized spacial score (nSPS) is 27.5. The molecule has 0 aliphatic heterocycles. The molecule has 0 amide bonds. The van der Waals surface area contributed by atoms with Crippen LogP contribution in [0.5, 0.6) is 0 Å². The number of fused-ring (bicyclic) bond motifs is 1. The van der Waals surface area contributed by atoms with Crippen molar-refractivity contribution in [3.8, 4) is 0 Å². The van der Waals surface area contributed by atoms with Crippen LogP contribution in [0.4, 0.5) is 0 Å². The molecule has 0 heterocycles. The quantitative estimate of drug-likeness (QED) is 0.726. The van der Waals surface area contributed by atoms with Gasteiger partial charge in [-0.05, 0) is 81.4 Å². The fraction of sp³-hybridized carbons (Fsp3) is 0.765. The topological polar surface area (TPSA) is 12.0 Å². The fourth-order valence-electron chi connectivity index (χ4n) is 4.14. The number of hydrogen-bond donors (Lipinski definition) is 1. The fourth-order valence-corrected chi connectivity index (χ4v) is 4.14. The Balaban J connectivity index is 1.71. The van der Waals surface area contributed by atoms with Gasteiger partial charge in [0.15, 0.2) is 0 Å². The first-order valence-electron chi connectivity index (χ1n) is 8.04. The van der Waals surface area contributed by atoms with E-state index in [1.54, 1.807) is 0 Å². The van der Waals surface area contributed by atoms with E-state index in [9.17, 15) is 0 Å². The van der Waals surface area contributed by atoms with Crippen molar-refractivity contribution in [3.05, 3.63) is 22.3 Å². The highest BCUT2D eigenvalue weighted by Crippen LogP contribution is 2.48. The first kappa shape index (κ1) is 12.5. The van der Waals surface area contributed by atoms with Crippen LogP contribution in [0.15, 0.2) is 22.3 Å². The van der Waals surface area contributed by atoms with Crippen molar-refractivity contribution in [2.24, 2.45) is 5.92 Å². The lowest BCUT2D eigenvalue weighted by molar-refractivity contribution is 0.459. The minimum absolute atomic E-state index is 0.853. The molecule has 3 aliphatic carbocycles. The molecule has 0 spiro atoms. The van der Waals surface area contributed by atoms with Crippen LogP contribution in [0.2, 0.25) is 0 Å². The third-order valence-electron chi connectivity index (χ3n) is 5.03. The van der Waals surface area contributed by atoms with E-state index in [1.165, 1.54) is 70.9 Å². The van der Waals surface area contributed by atoms with Gasteiger partial charge in [-0.25, -0.2) is 0 Å². The summed E-state index contributed by atoms with van der Waals surface area (Å²) in [4.78, 5) is 0. The van der Waals surface area contributed by atoms with Crippen LogP contribution in [0, 0.1) is 5.92 Å². The summed E-state index contributed by atoms with van der Waals surface area (Å²) in [6.45, 7) is 4.67. The molecule has 0 saturated carbocycles. The second kappa shape index (κ2) is 5.61. The number of hydrogen-bond acceptors (Lipinski definition) is 1. The van der Waals surface area contributed by atoms with Crippen LogP contribution in [0.3, 0.4) is 0 Å². The van der Waals surface area contributed by atoms with Crippen molar-refractivity contribution in [1.82, 2.24) is 5.32 Å². The van der Waals surface area contributed by atoms with E-state index >= 15 is 0 Å². The molecule has 0 bridgehead atoms. The van der Waals surface area contributed by atoms with E-state index in [1.807, 2.05) is 22.3 Å². The van der Waals surface area contributed by atoms with Gasteiger partial charge in [-0.1, -0.05) is 18.1 Å². The monoisotopic (exact) mass is 245 g/mol. The second-order valence-electron chi connectivity index (χ2n) is 6.26. The van der Waals surface area contributed by atoms with Gasteiger partial charge in [0, 0.05) is 6.54 Å². The van der Waals surface area contributed by atoms with E-state index in [0.29, 0.717) is 0 Å². The van der Waals surface area contributed by atoms with E-state index in [2.05, 4.69) is 12.2 Å². The Morgan fingerprint density at radius 1 is 1.06 bits per heavy atom. The summed E-state index contributed by atoms with van der Waals surface area (Å²) in [6.07, 6.45) is 12.5. The average Bonchev–Trinajstić information content (AvgIpc) is 2.79. The highest BCUT2D eigenvalue weighted by Gasteiger charge is 2.32. The SMILES string of the molecule is CCCNCC1CCCC2=C1CC1=C2CCCC1. The van der Waals surface area contributed by atoms with Crippen LogP contribution >= 0.6 is 0 Å². The van der Waals surface area contributed by atoms with Gasteiger partial charge in [-0.3, -0.25) is 0 Å². The van der Waals surface area contributed by atoms with E-state index < -0.39 is 0 Å². The zero-order valence-corrected chi connectivity index (χ0v) is 11.9. The number of allylic oxidation sites excluding steroid dienone is 3. The van der Waals surface area contributed by atoms with Gasteiger partial charge in [0.2, 0.25) is 0 Å². The lowest BCUT2D eigenvalue weighted by atomic mass is 9.81. The molecule has 0 fully saturated rings. The molecule has 0 saturated heterocycles. The smallest absolute Gasteiger partial charge is 0.00172 e. The van der Waals surface area contributed by atoms with Gasteiger partial charge >= 0.3 is 0 Å². The van der Waals surface area contributed by atoms with Gasteiger partial charge in [0.25, 0.3) is 0 Å². The molecule has 1 unspecified atom stereocenters. The Hall–Kier alpha value is -0.560. The standard InChI is InChI=1S/C17H27N/c1-2-10-18-12-14-7-5-9-16-15-8-4-3-6-13(15)11-17(14)16/h14,18H,2-12H2,1H3. The third-order valence-corrected chi connectivity index (χ3v) is 5.03. The molecule has 1 nitrogen and oxygen atoms in total. The molecule has 0 aromatic carbocycles. The Kier molecular flexibility index (Phi) is 3.88. The maximum absolute atomic E-state index is 3.65. The zero-order chi connectivity index (χ0) is 12.4. The zero-order valence-electron chi connectivity index (χ0n) is 11.9. The summed E-state index contributed by atoms with van der Waals surface area (Å²) in [6, 6.07) is 0. The summed E-state index contributed by atoms with van der Waals surface area (Å²) in [5.41, 5.74) is 7.31. The summed E-state index contributed by atoms with van der Waals surface area (Å²) >= 11 is 0. The van der Waals surface area contributed by atoms with Crippen LogP contribution < -0.4 is 5.32 Å². The molecule has 100 valence electrons. The van der Waals surface area contributed by atoms with Gasteiger partial charge in [0.05, 0.1) is 0 Å². The van der Waals surface area contributed by atoms with E-state index in [-0.39, 0.29) is 0 Å². The summed E-state index contributed by atoms with van der Waals surface area (Å²) < 4.78 is 0. The van der Waals surface area contributed by atoms with Crippen molar-refractivity contribution in [3.63, 3.8) is 0 Å². The summed E-state index contributed by atoms with van der Waals surface area (Å²) in [7, 11) is 0. The van der Waals surface area contributed by atoms with Crippen molar-refractivity contribution in [2.45, 2.75) is 64.7 Å². The van der Waals surface area contributed by atoms with Crippen LogP contribution in [0.1, 0.15) is 64.7 Å². The van der Waals surface area contributed by atoms with E-state index in [4.69, 9.17) is 0 Å². The van der Waals surface area contributed by atoms with Crippen molar-refractivity contribution >= 4 is 0 Å². The Bertz CT molecular complexity index is 375. The molecule has 0 aromatic heterocycles.